The standard InChI is InChI=1S/C15H16N2O4S/c18-13(10-3-1-8-21-10)17-12-5-4-11(22-12)14(19)16-9-15(20)6-2-7-15/h1,3-5,8,20H,2,6-7,9H2,(H,16,19)(H,17,18). The summed E-state index contributed by atoms with van der Waals surface area (Å²) in [6.07, 6.45) is 3.87. The van der Waals surface area contributed by atoms with Gasteiger partial charge in [-0.2, -0.15) is 0 Å². The molecule has 1 fully saturated rings. The first-order valence-corrected chi connectivity index (χ1v) is 7.83. The van der Waals surface area contributed by atoms with Crippen LogP contribution >= 0.6 is 11.3 Å². The fourth-order valence-corrected chi connectivity index (χ4v) is 3.02. The number of carbonyl (C=O) groups excluding carboxylic acids is 2. The van der Waals surface area contributed by atoms with Gasteiger partial charge in [0.2, 0.25) is 0 Å². The number of amides is 2. The molecule has 0 atom stereocenters. The number of thiophene rings is 1. The van der Waals surface area contributed by atoms with Crippen molar-refractivity contribution in [3.05, 3.63) is 41.2 Å². The van der Waals surface area contributed by atoms with E-state index in [-0.39, 0.29) is 24.1 Å². The Labute approximate surface area is 131 Å². The minimum atomic E-state index is -0.747. The molecule has 22 heavy (non-hydrogen) atoms. The number of aliphatic hydroxyl groups is 1. The van der Waals surface area contributed by atoms with Crippen LogP contribution in [0.2, 0.25) is 0 Å². The van der Waals surface area contributed by atoms with E-state index in [1.165, 1.54) is 17.6 Å². The lowest BCUT2D eigenvalue weighted by atomic mass is 9.80. The van der Waals surface area contributed by atoms with Gasteiger partial charge >= 0.3 is 0 Å². The van der Waals surface area contributed by atoms with Crippen molar-refractivity contribution < 1.29 is 19.1 Å². The first-order chi connectivity index (χ1) is 10.6. The van der Waals surface area contributed by atoms with E-state index in [1.807, 2.05) is 0 Å². The molecule has 116 valence electrons. The van der Waals surface area contributed by atoms with Gasteiger partial charge < -0.3 is 20.2 Å². The lowest BCUT2D eigenvalue weighted by molar-refractivity contribution is -0.0300. The van der Waals surface area contributed by atoms with Crippen LogP contribution < -0.4 is 10.6 Å². The largest absolute Gasteiger partial charge is 0.459 e. The number of furan rings is 1. The van der Waals surface area contributed by atoms with Gasteiger partial charge in [0.05, 0.1) is 21.7 Å². The molecule has 2 aromatic rings. The fourth-order valence-electron chi connectivity index (χ4n) is 2.20. The third-order valence-electron chi connectivity index (χ3n) is 3.67. The van der Waals surface area contributed by atoms with E-state index >= 15 is 0 Å². The van der Waals surface area contributed by atoms with Crippen LogP contribution in [0, 0.1) is 0 Å². The van der Waals surface area contributed by atoms with Crippen molar-refractivity contribution in [2.45, 2.75) is 24.9 Å². The number of anilines is 1. The molecule has 2 aromatic heterocycles. The minimum absolute atomic E-state index is 0.214. The van der Waals surface area contributed by atoms with Crippen LogP contribution in [0.4, 0.5) is 5.00 Å². The Morgan fingerprint density at radius 3 is 2.73 bits per heavy atom. The molecule has 0 spiro atoms. The topological polar surface area (TPSA) is 91.6 Å². The Balaban J connectivity index is 1.56. The molecule has 2 amide bonds. The second-order valence-corrected chi connectivity index (χ2v) is 6.44. The average molecular weight is 320 g/mol. The van der Waals surface area contributed by atoms with E-state index < -0.39 is 5.60 Å². The third-order valence-corrected chi connectivity index (χ3v) is 4.67. The fraction of sp³-hybridized carbons (Fsp3) is 0.333. The molecule has 0 bridgehead atoms. The monoisotopic (exact) mass is 320 g/mol. The highest BCUT2D eigenvalue weighted by Crippen LogP contribution is 2.31. The molecule has 1 saturated carbocycles. The van der Waals surface area contributed by atoms with E-state index in [0.29, 0.717) is 9.88 Å². The number of hydrogen-bond acceptors (Lipinski definition) is 5. The number of rotatable bonds is 5. The highest BCUT2D eigenvalue weighted by atomic mass is 32.1. The summed E-state index contributed by atoms with van der Waals surface area (Å²) in [5.41, 5.74) is -0.747. The summed E-state index contributed by atoms with van der Waals surface area (Å²) in [5.74, 6) is -0.391. The van der Waals surface area contributed by atoms with E-state index in [9.17, 15) is 14.7 Å². The van der Waals surface area contributed by atoms with Crippen molar-refractivity contribution in [3.8, 4) is 0 Å². The third kappa shape index (κ3) is 3.20. The molecule has 1 aliphatic rings. The summed E-state index contributed by atoms with van der Waals surface area (Å²) in [4.78, 5) is 24.3. The molecule has 7 heteroatoms. The van der Waals surface area contributed by atoms with Crippen LogP contribution in [-0.2, 0) is 0 Å². The van der Waals surface area contributed by atoms with Crippen LogP contribution in [0.15, 0.2) is 34.9 Å². The average Bonchev–Trinajstić information content (AvgIpc) is 3.13. The molecular weight excluding hydrogens is 304 g/mol. The second-order valence-electron chi connectivity index (χ2n) is 5.36. The van der Waals surface area contributed by atoms with Crippen LogP contribution in [0.5, 0.6) is 0 Å². The quantitative estimate of drug-likeness (QED) is 0.788. The maximum Gasteiger partial charge on any atom is 0.291 e. The van der Waals surface area contributed by atoms with Crippen LogP contribution in [0.25, 0.3) is 0 Å². The molecule has 1 aliphatic carbocycles. The van der Waals surface area contributed by atoms with Gasteiger partial charge in [0.25, 0.3) is 11.8 Å². The van der Waals surface area contributed by atoms with Crippen molar-refractivity contribution in [1.82, 2.24) is 5.32 Å². The van der Waals surface area contributed by atoms with Gasteiger partial charge in [-0.25, -0.2) is 0 Å². The number of nitrogens with one attached hydrogen (secondary N) is 2. The molecule has 3 rings (SSSR count). The van der Waals surface area contributed by atoms with Crippen LogP contribution in [0.3, 0.4) is 0 Å². The Morgan fingerprint density at radius 2 is 2.09 bits per heavy atom. The van der Waals surface area contributed by atoms with Gasteiger partial charge in [-0.1, -0.05) is 0 Å². The SMILES string of the molecule is O=C(Nc1ccc(C(=O)NCC2(O)CCC2)s1)c1ccco1. The van der Waals surface area contributed by atoms with Gasteiger partial charge in [0.1, 0.15) is 0 Å². The predicted molar refractivity (Wildman–Crippen MR) is 82.1 cm³/mol. The van der Waals surface area contributed by atoms with Crippen LogP contribution in [-0.4, -0.2) is 29.1 Å². The van der Waals surface area contributed by atoms with Gasteiger partial charge in [0, 0.05) is 6.54 Å². The first kappa shape index (κ1) is 14.8. The number of hydrogen-bond donors (Lipinski definition) is 3. The zero-order chi connectivity index (χ0) is 15.6. The Hall–Kier alpha value is -2.12. The summed E-state index contributed by atoms with van der Waals surface area (Å²) in [7, 11) is 0. The highest BCUT2D eigenvalue weighted by Gasteiger charge is 2.34. The molecule has 0 aromatic carbocycles. The van der Waals surface area contributed by atoms with Crippen molar-refractivity contribution in [2.75, 3.05) is 11.9 Å². The first-order valence-electron chi connectivity index (χ1n) is 7.01. The zero-order valence-corrected chi connectivity index (χ0v) is 12.6. The molecule has 2 heterocycles. The maximum atomic E-state index is 12.0. The van der Waals surface area contributed by atoms with Crippen molar-refractivity contribution in [2.24, 2.45) is 0 Å². The minimum Gasteiger partial charge on any atom is -0.459 e. The summed E-state index contributed by atoms with van der Waals surface area (Å²) in [6, 6.07) is 6.50. The molecular formula is C15H16N2O4S. The Morgan fingerprint density at radius 1 is 1.27 bits per heavy atom. The summed E-state index contributed by atoms with van der Waals surface area (Å²) >= 11 is 1.18. The molecule has 0 saturated heterocycles. The van der Waals surface area contributed by atoms with Crippen molar-refractivity contribution in [1.29, 1.82) is 0 Å². The Bertz CT molecular complexity index is 674. The van der Waals surface area contributed by atoms with E-state index in [1.54, 1.807) is 24.3 Å². The maximum absolute atomic E-state index is 12.0. The summed E-state index contributed by atoms with van der Waals surface area (Å²) < 4.78 is 5.00. The van der Waals surface area contributed by atoms with E-state index in [4.69, 9.17) is 4.42 Å². The smallest absolute Gasteiger partial charge is 0.291 e. The van der Waals surface area contributed by atoms with Gasteiger partial charge in [-0.3, -0.25) is 9.59 Å². The molecule has 6 nitrogen and oxygen atoms in total. The number of carbonyl (C=O) groups is 2. The normalized spacial score (nSPS) is 15.9. The predicted octanol–water partition coefficient (Wildman–Crippen LogP) is 2.24. The zero-order valence-electron chi connectivity index (χ0n) is 11.8. The van der Waals surface area contributed by atoms with Gasteiger partial charge in [-0.15, -0.1) is 11.3 Å². The molecule has 0 aliphatic heterocycles. The summed E-state index contributed by atoms with van der Waals surface area (Å²) in [5, 5.41) is 15.9. The van der Waals surface area contributed by atoms with E-state index in [0.717, 1.165) is 19.3 Å². The van der Waals surface area contributed by atoms with E-state index in [2.05, 4.69) is 10.6 Å². The second kappa shape index (κ2) is 5.94. The Kier molecular flexibility index (Phi) is 4.00. The van der Waals surface area contributed by atoms with Crippen molar-refractivity contribution in [3.63, 3.8) is 0 Å². The van der Waals surface area contributed by atoms with Gasteiger partial charge in [-0.05, 0) is 43.5 Å². The summed E-state index contributed by atoms with van der Waals surface area (Å²) in [6.45, 7) is 0.262. The molecule has 0 radical (unpaired) electrons. The van der Waals surface area contributed by atoms with Crippen molar-refractivity contribution >= 4 is 28.2 Å². The lowest BCUT2D eigenvalue weighted by Gasteiger charge is -2.36. The van der Waals surface area contributed by atoms with Crippen LogP contribution in [0.1, 0.15) is 39.5 Å². The van der Waals surface area contributed by atoms with Gasteiger partial charge in [0.15, 0.2) is 5.76 Å². The highest BCUT2D eigenvalue weighted by molar-refractivity contribution is 7.18. The lowest BCUT2D eigenvalue weighted by Crippen LogP contribution is -2.47. The molecule has 0 unspecified atom stereocenters. The molecule has 3 N–H and O–H groups in total.